The molecular weight excluding hydrogens is 184 g/mol. The standard InChI is InChI=1S/C13H26N2/c1-2-14-12-7-6-10-15(11-12)13-8-4-3-5-9-13/h12-14H,2-11H2,1H3. The van der Waals surface area contributed by atoms with E-state index in [1.165, 1.54) is 58.0 Å². The Morgan fingerprint density at radius 2 is 1.87 bits per heavy atom. The highest BCUT2D eigenvalue weighted by Crippen LogP contribution is 2.25. The lowest BCUT2D eigenvalue weighted by Gasteiger charge is -2.40. The predicted molar refractivity (Wildman–Crippen MR) is 65.1 cm³/mol. The summed E-state index contributed by atoms with van der Waals surface area (Å²) >= 11 is 0. The highest BCUT2D eigenvalue weighted by Gasteiger charge is 2.26. The Morgan fingerprint density at radius 3 is 2.60 bits per heavy atom. The van der Waals surface area contributed by atoms with Crippen LogP contribution in [0.15, 0.2) is 0 Å². The molecule has 1 N–H and O–H groups in total. The van der Waals surface area contributed by atoms with E-state index in [0.29, 0.717) is 0 Å². The minimum atomic E-state index is 0.769. The zero-order valence-corrected chi connectivity index (χ0v) is 10.2. The Hall–Kier alpha value is -0.0800. The second-order valence-electron chi connectivity index (χ2n) is 5.18. The van der Waals surface area contributed by atoms with Crippen LogP contribution in [0.2, 0.25) is 0 Å². The molecule has 1 atom stereocenters. The molecule has 2 fully saturated rings. The first-order valence-electron chi connectivity index (χ1n) is 6.87. The molecule has 2 rings (SSSR count). The summed E-state index contributed by atoms with van der Waals surface area (Å²) in [6.07, 6.45) is 10.1. The Bertz CT molecular complexity index is 173. The molecule has 1 unspecified atom stereocenters. The van der Waals surface area contributed by atoms with E-state index in [-0.39, 0.29) is 0 Å². The number of rotatable bonds is 3. The van der Waals surface area contributed by atoms with Crippen molar-refractivity contribution >= 4 is 0 Å². The molecule has 0 amide bonds. The van der Waals surface area contributed by atoms with Crippen LogP contribution >= 0.6 is 0 Å². The van der Waals surface area contributed by atoms with Gasteiger partial charge in [-0.25, -0.2) is 0 Å². The quantitative estimate of drug-likeness (QED) is 0.769. The molecule has 0 aromatic heterocycles. The Kier molecular flexibility index (Phi) is 4.45. The van der Waals surface area contributed by atoms with Crippen molar-refractivity contribution in [1.29, 1.82) is 0 Å². The zero-order chi connectivity index (χ0) is 10.5. The van der Waals surface area contributed by atoms with Crippen molar-refractivity contribution in [2.24, 2.45) is 0 Å². The summed E-state index contributed by atoms with van der Waals surface area (Å²) in [6.45, 7) is 6.01. The minimum Gasteiger partial charge on any atom is -0.313 e. The molecular formula is C13H26N2. The summed E-state index contributed by atoms with van der Waals surface area (Å²) in [7, 11) is 0. The second kappa shape index (κ2) is 5.86. The topological polar surface area (TPSA) is 15.3 Å². The van der Waals surface area contributed by atoms with Crippen LogP contribution in [0.3, 0.4) is 0 Å². The average Bonchev–Trinajstić information content (AvgIpc) is 2.31. The van der Waals surface area contributed by atoms with E-state index < -0.39 is 0 Å². The van der Waals surface area contributed by atoms with Gasteiger partial charge in [0.15, 0.2) is 0 Å². The van der Waals surface area contributed by atoms with Gasteiger partial charge in [-0.15, -0.1) is 0 Å². The summed E-state index contributed by atoms with van der Waals surface area (Å²) in [5, 5.41) is 3.61. The van der Waals surface area contributed by atoms with E-state index in [1.54, 1.807) is 0 Å². The van der Waals surface area contributed by atoms with Gasteiger partial charge in [-0.2, -0.15) is 0 Å². The van der Waals surface area contributed by atoms with Crippen molar-refractivity contribution in [1.82, 2.24) is 10.2 Å². The maximum absolute atomic E-state index is 3.61. The van der Waals surface area contributed by atoms with Gasteiger partial charge in [0.1, 0.15) is 0 Å². The van der Waals surface area contributed by atoms with Gasteiger partial charge in [0.25, 0.3) is 0 Å². The Labute approximate surface area is 94.4 Å². The highest BCUT2D eigenvalue weighted by atomic mass is 15.2. The largest absolute Gasteiger partial charge is 0.313 e. The van der Waals surface area contributed by atoms with Crippen molar-refractivity contribution in [2.45, 2.75) is 64.0 Å². The summed E-state index contributed by atoms with van der Waals surface area (Å²) < 4.78 is 0. The fourth-order valence-electron chi connectivity index (χ4n) is 3.24. The van der Waals surface area contributed by atoms with E-state index in [2.05, 4.69) is 17.1 Å². The van der Waals surface area contributed by atoms with Crippen molar-refractivity contribution in [3.8, 4) is 0 Å². The van der Waals surface area contributed by atoms with Crippen molar-refractivity contribution in [2.75, 3.05) is 19.6 Å². The van der Waals surface area contributed by atoms with Crippen molar-refractivity contribution in [3.63, 3.8) is 0 Å². The zero-order valence-electron chi connectivity index (χ0n) is 10.2. The predicted octanol–water partition coefficient (Wildman–Crippen LogP) is 2.39. The molecule has 2 aliphatic rings. The third-order valence-corrected chi connectivity index (χ3v) is 4.04. The number of nitrogens with zero attached hydrogens (tertiary/aromatic N) is 1. The van der Waals surface area contributed by atoms with Crippen LogP contribution in [-0.2, 0) is 0 Å². The molecule has 2 heteroatoms. The van der Waals surface area contributed by atoms with Crippen LogP contribution in [0, 0.1) is 0 Å². The fraction of sp³-hybridized carbons (Fsp3) is 1.00. The van der Waals surface area contributed by atoms with E-state index in [9.17, 15) is 0 Å². The fourth-order valence-corrected chi connectivity index (χ4v) is 3.24. The molecule has 0 spiro atoms. The van der Waals surface area contributed by atoms with Crippen LogP contribution in [-0.4, -0.2) is 36.6 Å². The number of likely N-dealkylation sites (tertiary alicyclic amines) is 1. The van der Waals surface area contributed by atoms with E-state index >= 15 is 0 Å². The lowest BCUT2D eigenvalue weighted by Crippen LogP contribution is -2.50. The third kappa shape index (κ3) is 3.18. The molecule has 0 radical (unpaired) electrons. The highest BCUT2D eigenvalue weighted by molar-refractivity contribution is 4.83. The number of likely N-dealkylation sites (N-methyl/N-ethyl adjacent to an activating group) is 1. The lowest BCUT2D eigenvalue weighted by atomic mass is 9.92. The van der Waals surface area contributed by atoms with Crippen LogP contribution in [0.5, 0.6) is 0 Å². The number of nitrogens with one attached hydrogen (secondary N) is 1. The van der Waals surface area contributed by atoms with Gasteiger partial charge in [0, 0.05) is 18.6 Å². The summed E-state index contributed by atoms with van der Waals surface area (Å²) in [5.74, 6) is 0. The van der Waals surface area contributed by atoms with Crippen LogP contribution in [0.25, 0.3) is 0 Å². The van der Waals surface area contributed by atoms with E-state index in [1.807, 2.05) is 0 Å². The molecule has 1 saturated heterocycles. The summed E-state index contributed by atoms with van der Waals surface area (Å²) in [6, 6.07) is 1.69. The second-order valence-corrected chi connectivity index (χ2v) is 5.18. The van der Waals surface area contributed by atoms with Gasteiger partial charge in [0.2, 0.25) is 0 Å². The summed E-state index contributed by atoms with van der Waals surface area (Å²) in [5.41, 5.74) is 0. The van der Waals surface area contributed by atoms with Gasteiger partial charge in [-0.1, -0.05) is 26.2 Å². The minimum absolute atomic E-state index is 0.769. The average molecular weight is 210 g/mol. The summed E-state index contributed by atoms with van der Waals surface area (Å²) in [4.78, 5) is 2.76. The van der Waals surface area contributed by atoms with Crippen LogP contribution in [0.4, 0.5) is 0 Å². The third-order valence-electron chi connectivity index (χ3n) is 4.04. The molecule has 1 aliphatic carbocycles. The number of hydrogen-bond acceptors (Lipinski definition) is 2. The smallest absolute Gasteiger partial charge is 0.0195 e. The molecule has 1 saturated carbocycles. The monoisotopic (exact) mass is 210 g/mol. The molecule has 15 heavy (non-hydrogen) atoms. The van der Waals surface area contributed by atoms with E-state index in [0.717, 1.165) is 18.6 Å². The molecule has 0 aromatic rings. The van der Waals surface area contributed by atoms with E-state index in [4.69, 9.17) is 0 Å². The molecule has 1 aliphatic heterocycles. The van der Waals surface area contributed by atoms with Crippen molar-refractivity contribution < 1.29 is 0 Å². The van der Waals surface area contributed by atoms with Crippen molar-refractivity contribution in [3.05, 3.63) is 0 Å². The maximum atomic E-state index is 3.61. The normalized spacial score (nSPS) is 30.6. The SMILES string of the molecule is CCNC1CCCN(C2CCCCC2)C1. The van der Waals surface area contributed by atoms with Gasteiger partial charge in [-0.3, -0.25) is 4.90 Å². The molecule has 0 bridgehead atoms. The number of hydrogen-bond donors (Lipinski definition) is 1. The molecule has 0 aromatic carbocycles. The number of piperidine rings is 1. The Morgan fingerprint density at radius 1 is 1.07 bits per heavy atom. The first kappa shape index (κ1) is 11.4. The van der Waals surface area contributed by atoms with Crippen LogP contribution < -0.4 is 5.32 Å². The molecule has 1 heterocycles. The molecule has 88 valence electrons. The first-order valence-corrected chi connectivity index (χ1v) is 6.87. The van der Waals surface area contributed by atoms with Gasteiger partial charge < -0.3 is 5.32 Å². The van der Waals surface area contributed by atoms with Gasteiger partial charge in [0.05, 0.1) is 0 Å². The van der Waals surface area contributed by atoms with Gasteiger partial charge >= 0.3 is 0 Å². The molecule has 2 nitrogen and oxygen atoms in total. The maximum Gasteiger partial charge on any atom is 0.0195 e. The van der Waals surface area contributed by atoms with Gasteiger partial charge in [-0.05, 0) is 38.8 Å². The Balaban J connectivity index is 1.80. The lowest BCUT2D eigenvalue weighted by molar-refractivity contribution is 0.111. The first-order chi connectivity index (χ1) is 7.40. The van der Waals surface area contributed by atoms with Crippen LogP contribution in [0.1, 0.15) is 51.9 Å².